The number of hydrogen-bond donors (Lipinski definition) is 2. The number of para-hydroxylation sites is 1. The highest BCUT2D eigenvalue weighted by Gasteiger charge is 2.33. The average Bonchev–Trinajstić information content (AvgIpc) is 3.60. The number of fused-ring (bicyclic) bond motifs is 2. The highest BCUT2D eigenvalue weighted by molar-refractivity contribution is 7.07. The molecule has 4 aromatic carbocycles. The molecule has 2 aromatic heterocycles. The zero-order valence-electron chi connectivity index (χ0n) is 25.4. The van der Waals surface area contributed by atoms with E-state index in [1.54, 1.807) is 18.8 Å². The van der Waals surface area contributed by atoms with E-state index in [9.17, 15) is 9.59 Å². The summed E-state index contributed by atoms with van der Waals surface area (Å²) in [5.41, 5.74) is 5.72. The predicted molar refractivity (Wildman–Crippen MR) is 182 cm³/mol. The Morgan fingerprint density at radius 1 is 0.913 bits per heavy atom. The third-order valence-corrected chi connectivity index (χ3v) is 9.07. The van der Waals surface area contributed by atoms with Gasteiger partial charge in [-0.3, -0.25) is 14.2 Å². The van der Waals surface area contributed by atoms with Crippen LogP contribution in [0, 0.1) is 0 Å². The van der Waals surface area contributed by atoms with E-state index in [-0.39, 0.29) is 11.5 Å². The minimum Gasteiger partial charge on any atom is -0.497 e. The molecule has 0 aliphatic carbocycles. The van der Waals surface area contributed by atoms with Gasteiger partial charge < -0.3 is 19.8 Å². The molecule has 46 heavy (non-hydrogen) atoms. The first-order valence-electron chi connectivity index (χ1n) is 14.7. The highest BCUT2D eigenvalue weighted by atomic mass is 32.1. The zero-order valence-corrected chi connectivity index (χ0v) is 26.2. The summed E-state index contributed by atoms with van der Waals surface area (Å²) < 4.78 is 13.2. The molecule has 1 aliphatic heterocycles. The molecule has 3 heterocycles. The Morgan fingerprint density at radius 3 is 2.37 bits per heavy atom. The first-order valence-corrected chi connectivity index (χ1v) is 15.5. The van der Waals surface area contributed by atoms with Gasteiger partial charge in [0.15, 0.2) is 4.80 Å². The molecule has 6 aromatic rings. The standard InChI is InChI=1S/C37H30N4O4S/c1-22-32(35(42)39-25-14-8-5-9-15-25)34(24-13-10-16-26(19-24)44-2)41-36(43)31(46-37(41)38-22)21-29-28-20-27(45-3)17-18-30(28)40-33(29)23-11-6-4-7-12-23/h4-21,34,40H,1-3H3,(H,39,42)/b31-21-/t34-/m0/s1. The Labute approximate surface area is 268 Å². The van der Waals surface area contributed by atoms with Crippen LogP contribution >= 0.6 is 11.3 Å². The topological polar surface area (TPSA) is 97.7 Å². The van der Waals surface area contributed by atoms with E-state index in [0.717, 1.165) is 33.3 Å². The molecular formula is C37H30N4O4S. The number of carbonyl (C=O) groups excluding carboxylic acids is 1. The van der Waals surface area contributed by atoms with Crippen LogP contribution in [0.15, 0.2) is 124 Å². The van der Waals surface area contributed by atoms with Gasteiger partial charge in [0.2, 0.25) is 0 Å². The molecule has 0 bridgehead atoms. The van der Waals surface area contributed by atoms with Crippen molar-refractivity contribution < 1.29 is 14.3 Å². The van der Waals surface area contributed by atoms with Gasteiger partial charge in [0.25, 0.3) is 11.5 Å². The molecule has 228 valence electrons. The predicted octanol–water partition coefficient (Wildman–Crippen LogP) is 6.04. The summed E-state index contributed by atoms with van der Waals surface area (Å²) in [5, 5.41) is 3.92. The Kier molecular flexibility index (Phi) is 7.60. The number of aromatic nitrogens is 2. The van der Waals surface area contributed by atoms with Crippen LogP contribution in [0.1, 0.15) is 24.1 Å². The Morgan fingerprint density at radius 2 is 1.63 bits per heavy atom. The minimum atomic E-state index is -0.728. The van der Waals surface area contributed by atoms with Crippen LogP contribution in [0.25, 0.3) is 28.2 Å². The second-order valence-corrected chi connectivity index (χ2v) is 11.9. The third-order valence-electron chi connectivity index (χ3n) is 8.09. The molecule has 0 radical (unpaired) electrons. The van der Waals surface area contributed by atoms with E-state index in [1.807, 2.05) is 116 Å². The van der Waals surface area contributed by atoms with Crippen molar-refractivity contribution in [2.75, 3.05) is 19.5 Å². The van der Waals surface area contributed by atoms with Gasteiger partial charge in [0.05, 0.1) is 41.8 Å². The second kappa shape index (κ2) is 12.0. The van der Waals surface area contributed by atoms with Gasteiger partial charge >= 0.3 is 0 Å². The number of H-pyrrole nitrogens is 1. The van der Waals surface area contributed by atoms with E-state index in [0.29, 0.717) is 37.8 Å². The van der Waals surface area contributed by atoms with E-state index in [1.165, 1.54) is 11.3 Å². The van der Waals surface area contributed by atoms with E-state index < -0.39 is 6.04 Å². The minimum absolute atomic E-state index is 0.245. The molecule has 1 aliphatic rings. The molecule has 7 rings (SSSR count). The van der Waals surface area contributed by atoms with Crippen molar-refractivity contribution in [3.8, 4) is 22.8 Å². The highest BCUT2D eigenvalue weighted by Crippen LogP contribution is 2.34. The van der Waals surface area contributed by atoms with Gasteiger partial charge in [-0.05, 0) is 66.6 Å². The van der Waals surface area contributed by atoms with Crippen LogP contribution in [-0.4, -0.2) is 29.7 Å². The monoisotopic (exact) mass is 626 g/mol. The number of aromatic amines is 1. The van der Waals surface area contributed by atoms with E-state index in [2.05, 4.69) is 10.3 Å². The number of nitrogens with one attached hydrogen (secondary N) is 2. The molecule has 9 heteroatoms. The number of methoxy groups -OCH3 is 2. The third kappa shape index (κ3) is 5.20. The molecular weight excluding hydrogens is 596 g/mol. The lowest BCUT2D eigenvalue weighted by Crippen LogP contribution is -2.40. The number of nitrogens with zero attached hydrogens (tertiary/aromatic N) is 2. The fourth-order valence-corrected chi connectivity index (χ4v) is 6.92. The molecule has 1 amide bonds. The lowest BCUT2D eigenvalue weighted by atomic mass is 9.95. The number of anilines is 1. The smallest absolute Gasteiger partial charge is 0.271 e. The van der Waals surface area contributed by atoms with Gasteiger partial charge in [-0.25, -0.2) is 4.99 Å². The van der Waals surface area contributed by atoms with Gasteiger partial charge in [-0.2, -0.15) is 0 Å². The summed E-state index contributed by atoms with van der Waals surface area (Å²) >= 11 is 1.30. The van der Waals surface area contributed by atoms with Gasteiger partial charge in [-0.15, -0.1) is 0 Å². The van der Waals surface area contributed by atoms with Crippen LogP contribution < -0.4 is 29.7 Å². The van der Waals surface area contributed by atoms with Crippen molar-refractivity contribution in [2.24, 2.45) is 4.99 Å². The molecule has 0 fully saturated rings. The maximum Gasteiger partial charge on any atom is 0.271 e. The molecule has 0 unspecified atom stereocenters. The number of benzene rings is 4. The molecule has 8 nitrogen and oxygen atoms in total. The molecule has 2 N–H and O–H groups in total. The molecule has 0 saturated heterocycles. The number of thiazole rings is 1. The number of carbonyl (C=O) groups is 1. The fraction of sp³-hybridized carbons (Fsp3) is 0.108. The maximum atomic E-state index is 14.5. The summed E-state index contributed by atoms with van der Waals surface area (Å²) in [6.07, 6.45) is 1.91. The normalized spacial score (nSPS) is 14.6. The molecule has 0 saturated carbocycles. The first kappa shape index (κ1) is 29.1. The number of allylic oxidation sites excluding steroid dienone is 1. The van der Waals surface area contributed by atoms with Crippen LogP contribution in [0.3, 0.4) is 0 Å². The number of rotatable bonds is 7. The summed E-state index contributed by atoms with van der Waals surface area (Å²) in [5.74, 6) is 1.01. The SMILES string of the molecule is COc1cccc([C@H]2C(C(=O)Nc3ccccc3)=C(C)N=c3s/c(=C\c4c(-c5ccccc5)[nH]c5ccc(OC)cc45)c(=O)n32)c1. The Bertz CT molecular complexity index is 2320. The number of hydrogen-bond acceptors (Lipinski definition) is 6. The molecule has 0 spiro atoms. The van der Waals surface area contributed by atoms with Crippen molar-refractivity contribution >= 4 is 39.9 Å². The van der Waals surface area contributed by atoms with Gasteiger partial charge in [-0.1, -0.05) is 72.0 Å². The molecule has 1 atom stereocenters. The maximum absolute atomic E-state index is 14.5. The van der Waals surface area contributed by atoms with Crippen molar-refractivity contribution in [1.82, 2.24) is 9.55 Å². The van der Waals surface area contributed by atoms with E-state index in [4.69, 9.17) is 14.5 Å². The summed E-state index contributed by atoms with van der Waals surface area (Å²) in [7, 11) is 3.23. The van der Waals surface area contributed by atoms with Crippen LogP contribution in [0.4, 0.5) is 5.69 Å². The quantitative estimate of drug-likeness (QED) is 0.226. The Balaban J connectivity index is 1.45. The van der Waals surface area contributed by atoms with Crippen LogP contribution in [-0.2, 0) is 4.79 Å². The first-order chi connectivity index (χ1) is 22.4. The van der Waals surface area contributed by atoms with Crippen molar-refractivity contribution in [1.29, 1.82) is 0 Å². The van der Waals surface area contributed by atoms with Gasteiger partial charge in [0, 0.05) is 22.2 Å². The van der Waals surface area contributed by atoms with Crippen molar-refractivity contribution in [2.45, 2.75) is 13.0 Å². The number of ether oxygens (including phenoxy) is 2. The number of amides is 1. The van der Waals surface area contributed by atoms with Crippen molar-refractivity contribution in [3.63, 3.8) is 0 Å². The summed E-state index contributed by atoms with van der Waals surface area (Å²) in [6, 6.07) is 31.8. The lowest BCUT2D eigenvalue weighted by Gasteiger charge is -2.25. The fourth-order valence-electron chi connectivity index (χ4n) is 5.89. The average molecular weight is 627 g/mol. The van der Waals surface area contributed by atoms with Crippen molar-refractivity contribution in [3.05, 3.63) is 145 Å². The summed E-state index contributed by atoms with van der Waals surface area (Å²) in [6.45, 7) is 1.81. The van der Waals surface area contributed by atoms with Crippen LogP contribution in [0.2, 0.25) is 0 Å². The van der Waals surface area contributed by atoms with Crippen LogP contribution in [0.5, 0.6) is 11.5 Å². The zero-order chi connectivity index (χ0) is 31.8. The van der Waals surface area contributed by atoms with Gasteiger partial charge in [0.1, 0.15) is 11.5 Å². The largest absolute Gasteiger partial charge is 0.497 e. The lowest BCUT2D eigenvalue weighted by molar-refractivity contribution is -0.113. The van der Waals surface area contributed by atoms with E-state index >= 15 is 0 Å². The second-order valence-electron chi connectivity index (χ2n) is 10.9. The summed E-state index contributed by atoms with van der Waals surface area (Å²) in [4.78, 5) is 37.3. The Hall–Kier alpha value is -5.67.